The number of carbonyl (C=O) groups is 2. The Morgan fingerprint density at radius 3 is 2.58 bits per heavy atom. The second-order valence-corrected chi connectivity index (χ2v) is 12.7. The number of halogens is 1. The second kappa shape index (κ2) is 13.0. The van der Waals surface area contributed by atoms with Crippen LogP contribution in [0.1, 0.15) is 5.56 Å². The van der Waals surface area contributed by atoms with E-state index in [1.54, 1.807) is 24.3 Å². The summed E-state index contributed by atoms with van der Waals surface area (Å²) in [6.07, 6.45) is -2.11. The van der Waals surface area contributed by atoms with Gasteiger partial charge in [-0.1, -0.05) is 12.1 Å². The Labute approximate surface area is 224 Å². The van der Waals surface area contributed by atoms with Gasteiger partial charge in [-0.25, -0.2) is 14.0 Å². The molecule has 38 heavy (non-hydrogen) atoms. The normalized spacial score (nSPS) is 18.8. The van der Waals surface area contributed by atoms with E-state index in [-0.39, 0.29) is 25.3 Å². The van der Waals surface area contributed by atoms with Crippen molar-refractivity contribution in [2.45, 2.75) is 17.9 Å². The van der Waals surface area contributed by atoms with Gasteiger partial charge in [-0.3, -0.25) is 4.90 Å². The van der Waals surface area contributed by atoms with Crippen LogP contribution in [0.4, 0.5) is 25.4 Å². The van der Waals surface area contributed by atoms with Crippen molar-refractivity contribution < 1.29 is 42.7 Å². The van der Waals surface area contributed by atoms with Gasteiger partial charge in [-0.15, -0.1) is 0 Å². The van der Waals surface area contributed by atoms with E-state index in [4.69, 9.17) is 9.47 Å². The van der Waals surface area contributed by atoms with Crippen molar-refractivity contribution in [1.82, 2.24) is 5.32 Å². The number of hydrogen-bond acceptors (Lipinski definition) is 9. The third kappa shape index (κ3) is 7.31. The molecule has 2 saturated heterocycles. The van der Waals surface area contributed by atoms with Gasteiger partial charge in [0, 0.05) is 31.0 Å². The molecule has 0 bridgehead atoms. The lowest BCUT2D eigenvalue weighted by Crippen LogP contribution is -2.36. The number of hydrogen-bond donors (Lipinski definition) is 4. The zero-order valence-corrected chi connectivity index (χ0v) is 22.7. The molecule has 15 heteroatoms. The largest absolute Gasteiger partial charge is 0.518 e. The topological polar surface area (TPSA) is 149 Å². The van der Waals surface area contributed by atoms with Gasteiger partial charge in [0.2, 0.25) is 8.38 Å². The first-order chi connectivity index (χ1) is 18.2. The predicted octanol–water partition coefficient (Wildman–Crippen LogP) is 3.39. The maximum atomic E-state index is 14.8. The molecule has 204 valence electrons. The average molecular weight is 586 g/mol. The van der Waals surface area contributed by atoms with E-state index in [1.165, 1.54) is 23.1 Å². The number of cyclic esters (lactones) is 1. The van der Waals surface area contributed by atoms with Crippen LogP contribution in [-0.4, -0.2) is 76.1 Å². The van der Waals surface area contributed by atoms with Crippen molar-refractivity contribution in [2.24, 2.45) is 0 Å². The average Bonchev–Trinajstić information content (AvgIpc) is 3.27. The fraction of sp³-hybridized carbons (Fsp3) is 0.391. The Morgan fingerprint density at radius 2 is 1.95 bits per heavy atom. The minimum Gasteiger partial charge on any atom is -0.442 e. The maximum Gasteiger partial charge on any atom is 0.518 e. The van der Waals surface area contributed by atoms with E-state index in [0.29, 0.717) is 16.9 Å². The highest BCUT2D eigenvalue weighted by atomic mass is 32.2. The highest BCUT2D eigenvalue weighted by Crippen LogP contribution is 2.46. The number of nitrogens with zero attached hydrogens (tertiary/aromatic N) is 2. The molecule has 4 rings (SSSR count). The SMILES string of the molecule is O=C(NC[C@H]1CN(c2ccc(N3CCSCC3)c(F)c2)C(=O)O1)Oc1ccc(CC(P(O)O)[P+](=O)O)cc1. The first kappa shape index (κ1) is 28.5. The van der Waals surface area contributed by atoms with Crippen molar-refractivity contribution in [3.8, 4) is 5.75 Å². The van der Waals surface area contributed by atoms with Crippen molar-refractivity contribution in [2.75, 3.05) is 47.5 Å². The lowest BCUT2D eigenvalue weighted by Gasteiger charge is -2.29. The van der Waals surface area contributed by atoms with Crippen LogP contribution >= 0.6 is 28.2 Å². The third-order valence-electron chi connectivity index (χ3n) is 6.02. The van der Waals surface area contributed by atoms with E-state index in [9.17, 15) is 33.2 Å². The van der Waals surface area contributed by atoms with Crippen LogP contribution < -0.4 is 19.9 Å². The standard InChI is InChI=1S/C23H26FN3O8P2S/c24-19-12-16(3-6-20(19)26-7-9-38-10-8-26)27-14-18(35-23(27)29)13-25-22(28)34-17-4-1-15(2-5-17)11-21(36(30)31)37(32)33/h1-6,12,18,21,30-31H,7-11,13-14H2,(H-,25,28,32,33)/p+1/t18-,21?/m0/s1. The molecule has 2 fully saturated rings. The number of nitrogens with one attached hydrogen (secondary N) is 1. The highest BCUT2D eigenvalue weighted by Gasteiger charge is 2.37. The predicted molar refractivity (Wildman–Crippen MR) is 143 cm³/mol. The van der Waals surface area contributed by atoms with Crippen molar-refractivity contribution in [3.63, 3.8) is 0 Å². The molecule has 0 aromatic heterocycles. The van der Waals surface area contributed by atoms with Crippen LogP contribution in [0.25, 0.3) is 0 Å². The van der Waals surface area contributed by atoms with Gasteiger partial charge in [-0.2, -0.15) is 16.7 Å². The van der Waals surface area contributed by atoms with Gasteiger partial charge < -0.3 is 29.5 Å². The zero-order chi connectivity index (χ0) is 27.2. The maximum absolute atomic E-state index is 14.8. The molecular weight excluding hydrogens is 559 g/mol. The molecule has 2 aromatic carbocycles. The minimum absolute atomic E-state index is 0.0209. The summed E-state index contributed by atoms with van der Waals surface area (Å²) in [5.74, 6) is 1.66. The molecule has 4 N–H and O–H groups in total. The molecule has 2 aliphatic rings. The van der Waals surface area contributed by atoms with E-state index in [0.717, 1.165) is 24.6 Å². The number of benzene rings is 2. The van der Waals surface area contributed by atoms with Crippen LogP contribution in [0, 0.1) is 5.82 Å². The smallest absolute Gasteiger partial charge is 0.442 e. The number of thioether (sulfide) groups is 1. The quantitative estimate of drug-likeness (QED) is 0.322. The number of ether oxygens (including phenoxy) is 2. The van der Waals surface area contributed by atoms with Crippen LogP contribution in [0.3, 0.4) is 0 Å². The lowest BCUT2D eigenvalue weighted by molar-refractivity contribution is 0.137. The van der Waals surface area contributed by atoms with Gasteiger partial charge in [0.05, 0.1) is 24.5 Å². The highest BCUT2D eigenvalue weighted by molar-refractivity contribution is 7.99. The number of anilines is 2. The first-order valence-electron chi connectivity index (χ1n) is 11.7. The molecule has 2 aromatic rings. The van der Waals surface area contributed by atoms with Crippen molar-refractivity contribution >= 4 is 51.7 Å². The molecule has 0 radical (unpaired) electrons. The summed E-state index contributed by atoms with van der Waals surface area (Å²) < 4.78 is 36.5. The van der Waals surface area contributed by atoms with Crippen LogP contribution in [0.2, 0.25) is 0 Å². The molecule has 11 nitrogen and oxygen atoms in total. The fourth-order valence-corrected chi connectivity index (χ4v) is 6.41. The Morgan fingerprint density at radius 1 is 1.24 bits per heavy atom. The Kier molecular flexibility index (Phi) is 9.75. The molecule has 2 aliphatic heterocycles. The van der Waals surface area contributed by atoms with Gasteiger partial charge in [0.1, 0.15) is 17.7 Å². The summed E-state index contributed by atoms with van der Waals surface area (Å²) in [5.41, 5.74) is 1.44. The van der Waals surface area contributed by atoms with Crippen LogP contribution in [-0.2, 0) is 15.7 Å². The molecule has 0 spiro atoms. The third-order valence-corrected chi connectivity index (χ3v) is 9.58. The molecule has 2 unspecified atom stereocenters. The molecule has 2 amide bonds. The van der Waals surface area contributed by atoms with E-state index >= 15 is 0 Å². The van der Waals surface area contributed by atoms with Gasteiger partial charge in [0.15, 0.2) is 0 Å². The summed E-state index contributed by atoms with van der Waals surface area (Å²) in [5, 5.41) is 1.35. The lowest BCUT2D eigenvalue weighted by atomic mass is 10.2. The summed E-state index contributed by atoms with van der Waals surface area (Å²) in [6.45, 7) is 1.64. The second-order valence-electron chi connectivity index (χ2n) is 8.57. The van der Waals surface area contributed by atoms with E-state index < -0.39 is 45.9 Å². The Balaban J connectivity index is 1.26. The fourth-order valence-electron chi connectivity index (χ4n) is 4.06. The van der Waals surface area contributed by atoms with Gasteiger partial charge >= 0.3 is 20.2 Å². The molecule has 0 saturated carbocycles. The Hall–Kier alpha value is -2.53. The van der Waals surface area contributed by atoms with E-state index in [2.05, 4.69) is 5.32 Å². The number of amides is 2. The summed E-state index contributed by atoms with van der Waals surface area (Å²) >= 11 is 1.83. The van der Waals surface area contributed by atoms with Crippen LogP contribution in [0.5, 0.6) is 5.75 Å². The van der Waals surface area contributed by atoms with Gasteiger partial charge in [-0.05, 0) is 40.5 Å². The Bertz CT molecular complexity index is 1170. The zero-order valence-electron chi connectivity index (χ0n) is 20.1. The number of carbonyl (C=O) groups excluding carboxylic acids is 2. The monoisotopic (exact) mass is 586 g/mol. The van der Waals surface area contributed by atoms with E-state index in [1.807, 2.05) is 16.7 Å². The number of rotatable bonds is 9. The summed E-state index contributed by atoms with van der Waals surface area (Å²) in [7, 11) is -5.34. The van der Waals surface area contributed by atoms with Crippen molar-refractivity contribution in [1.29, 1.82) is 0 Å². The molecular formula is C23H27FN3O8P2S+. The van der Waals surface area contributed by atoms with Gasteiger partial charge in [0.25, 0.3) is 5.40 Å². The van der Waals surface area contributed by atoms with Crippen LogP contribution in [0.15, 0.2) is 42.5 Å². The summed E-state index contributed by atoms with van der Waals surface area (Å²) in [4.78, 5) is 55.6. The molecule has 3 atom stereocenters. The molecule has 0 aliphatic carbocycles. The summed E-state index contributed by atoms with van der Waals surface area (Å²) in [6, 6.07) is 10.7. The first-order valence-corrected chi connectivity index (χ1v) is 15.4. The minimum atomic E-state index is -2.76. The van der Waals surface area contributed by atoms with Crippen molar-refractivity contribution in [3.05, 3.63) is 53.8 Å². The molecule has 2 heterocycles.